The highest BCUT2D eigenvalue weighted by molar-refractivity contribution is 7.09. The van der Waals surface area contributed by atoms with Crippen molar-refractivity contribution in [2.75, 3.05) is 6.54 Å². The Balaban J connectivity index is 1.41. The Morgan fingerprint density at radius 1 is 1.30 bits per heavy atom. The zero-order valence-corrected chi connectivity index (χ0v) is 13.7. The fraction of sp³-hybridized carbons (Fsp3) is 0.412. The van der Waals surface area contributed by atoms with E-state index in [9.17, 15) is 9.59 Å². The molecule has 0 atom stereocenters. The van der Waals surface area contributed by atoms with E-state index in [0.717, 1.165) is 12.8 Å². The van der Waals surface area contributed by atoms with Crippen molar-refractivity contribution in [2.45, 2.75) is 38.3 Å². The first-order valence-electron chi connectivity index (χ1n) is 7.87. The Morgan fingerprint density at radius 2 is 2.17 bits per heavy atom. The number of hydrogen-bond donors (Lipinski definition) is 1. The van der Waals surface area contributed by atoms with Crippen molar-refractivity contribution in [3.05, 3.63) is 46.5 Å². The van der Waals surface area contributed by atoms with Crippen LogP contribution in [0.15, 0.2) is 40.3 Å². The predicted octanol–water partition coefficient (Wildman–Crippen LogP) is 3.04. The van der Waals surface area contributed by atoms with Gasteiger partial charge in [0.1, 0.15) is 0 Å². The zero-order valence-electron chi connectivity index (χ0n) is 12.9. The number of thiophene rings is 1. The third-order valence-electron chi connectivity index (χ3n) is 3.81. The highest BCUT2D eigenvalue weighted by Gasteiger charge is 2.32. The van der Waals surface area contributed by atoms with E-state index < -0.39 is 0 Å². The number of hydrogen-bond acceptors (Lipinski definition) is 4. The number of nitrogens with zero attached hydrogens (tertiary/aromatic N) is 1. The molecular weight excluding hydrogens is 312 g/mol. The van der Waals surface area contributed by atoms with Crippen LogP contribution in [0.3, 0.4) is 0 Å². The molecule has 2 aromatic rings. The number of carbonyl (C=O) groups is 2. The van der Waals surface area contributed by atoms with Crippen molar-refractivity contribution in [3.8, 4) is 0 Å². The van der Waals surface area contributed by atoms with E-state index in [0.29, 0.717) is 37.7 Å². The molecule has 1 aliphatic carbocycles. The predicted molar refractivity (Wildman–Crippen MR) is 88.2 cm³/mol. The van der Waals surface area contributed by atoms with Crippen LogP contribution in [0.4, 0.5) is 0 Å². The fourth-order valence-corrected chi connectivity index (χ4v) is 3.16. The number of carbonyl (C=O) groups excluding carboxylic acids is 2. The maximum absolute atomic E-state index is 12.4. The maximum Gasteiger partial charge on any atom is 0.286 e. The van der Waals surface area contributed by atoms with Gasteiger partial charge < -0.3 is 14.6 Å². The molecule has 0 spiro atoms. The van der Waals surface area contributed by atoms with Crippen LogP contribution in [0.2, 0.25) is 0 Å². The van der Waals surface area contributed by atoms with Gasteiger partial charge in [-0.3, -0.25) is 9.59 Å². The van der Waals surface area contributed by atoms with Crippen LogP contribution in [-0.2, 0) is 11.3 Å². The van der Waals surface area contributed by atoms with Gasteiger partial charge in [-0.05, 0) is 42.8 Å². The van der Waals surface area contributed by atoms with Crippen LogP contribution in [-0.4, -0.2) is 29.3 Å². The lowest BCUT2D eigenvalue weighted by molar-refractivity contribution is -0.132. The van der Waals surface area contributed by atoms with E-state index in [2.05, 4.69) is 11.4 Å². The van der Waals surface area contributed by atoms with Crippen molar-refractivity contribution < 1.29 is 14.0 Å². The summed E-state index contributed by atoms with van der Waals surface area (Å²) in [6.45, 7) is 1.18. The van der Waals surface area contributed by atoms with Crippen molar-refractivity contribution >= 4 is 23.2 Å². The molecule has 0 unspecified atom stereocenters. The van der Waals surface area contributed by atoms with Gasteiger partial charge in [-0.1, -0.05) is 6.07 Å². The third-order valence-corrected chi connectivity index (χ3v) is 4.67. The van der Waals surface area contributed by atoms with Crippen LogP contribution in [0, 0.1) is 0 Å². The summed E-state index contributed by atoms with van der Waals surface area (Å²) in [4.78, 5) is 27.3. The second kappa shape index (κ2) is 7.46. The highest BCUT2D eigenvalue weighted by Crippen LogP contribution is 2.29. The second-order valence-corrected chi connectivity index (χ2v) is 6.70. The quantitative estimate of drug-likeness (QED) is 0.756. The molecule has 23 heavy (non-hydrogen) atoms. The molecule has 2 heterocycles. The maximum atomic E-state index is 12.4. The van der Waals surface area contributed by atoms with E-state index in [1.54, 1.807) is 23.5 Å². The topological polar surface area (TPSA) is 62.6 Å². The standard InChI is InChI=1S/C17H20N2O3S/c20-16(6-1-9-18-17(21)15-5-2-10-22-15)19(13-7-8-13)12-14-4-3-11-23-14/h2-5,10-11,13H,1,6-9,12H2,(H,18,21). The minimum atomic E-state index is -0.236. The largest absolute Gasteiger partial charge is 0.459 e. The summed E-state index contributed by atoms with van der Waals surface area (Å²) in [5.41, 5.74) is 0. The van der Waals surface area contributed by atoms with Crippen molar-refractivity contribution in [3.63, 3.8) is 0 Å². The number of rotatable bonds is 8. The van der Waals surface area contributed by atoms with Gasteiger partial charge in [-0.25, -0.2) is 0 Å². The van der Waals surface area contributed by atoms with Gasteiger partial charge in [-0.15, -0.1) is 11.3 Å². The van der Waals surface area contributed by atoms with Gasteiger partial charge in [0.15, 0.2) is 5.76 Å². The zero-order chi connectivity index (χ0) is 16.1. The summed E-state index contributed by atoms with van der Waals surface area (Å²) in [6, 6.07) is 7.78. The highest BCUT2D eigenvalue weighted by atomic mass is 32.1. The summed E-state index contributed by atoms with van der Waals surface area (Å²) in [5, 5.41) is 4.81. The molecule has 2 aromatic heterocycles. The summed E-state index contributed by atoms with van der Waals surface area (Å²) < 4.78 is 5.02. The summed E-state index contributed by atoms with van der Waals surface area (Å²) in [6.07, 6.45) is 4.77. The molecule has 1 fully saturated rings. The smallest absolute Gasteiger partial charge is 0.286 e. The molecule has 1 N–H and O–H groups in total. The van der Waals surface area contributed by atoms with E-state index >= 15 is 0 Å². The molecule has 3 rings (SSSR count). The number of furan rings is 1. The van der Waals surface area contributed by atoms with Gasteiger partial charge in [0.2, 0.25) is 5.91 Å². The monoisotopic (exact) mass is 332 g/mol. The summed E-state index contributed by atoms with van der Waals surface area (Å²) in [5.74, 6) is 0.238. The summed E-state index contributed by atoms with van der Waals surface area (Å²) in [7, 11) is 0. The molecule has 0 aliphatic heterocycles. The Bertz CT molecular complexity index is 633. The van der Waals surface area contributed by atoms with Crippen molar-refractivity contribution in [1.29, 1.82) is 0 Å². The second-order valence-electron chi connectivity index (χ2n) is 5.67. The van der Waals surface area contributed by atoms with E-state index in [4.69, 9.17) is 4.42 Å². The molecule has 0 saturated heterocycles. The molecule has 0 bridgehead atoms. The molecule has 2 amide bonds. The Morgan fingerprint density at radius 3 is 2.83 bits per heavy atom. The third kappa shape index (κ3) is 4.45. The lowest BCUT2D eigenvalue weighted by Gasteiger charge is -2.21. The Kier molecular flexibility index (Phi) is 5.12. The summed E-state index contributed by atoms with van der Waals surface area (Å²) >= 11 is 1.68. The van der Waals surface area contributed by atoms with Gasteiger partial charge in [-0.2, -0.15) is 0 Å². The van der Waals surface area contributed by atoms with Crippen LogP contribution in [0.1, 0.15) is 41.1 Å². The molecule has 1 aliphatic rings. The van der Waals surface area contributed by atoms with E-state index in [1.165, 1.54) is 11.1 Å². The van der Waals surface area contributed by atoms with Crippen LogP contribution >= 0.6 is 11.3 Å². The minimum Gasteiger partial charge on any atom is -0.459 e. The average molecular weight is 332 g/mol. The molecule has 122 valence electrons. The van der Waals surface area contributed by atoms with Gasteiger partial charge >= 0.3 is 0 Å². The van der Waals surface area contributed by atoms with E-state index in [1.807, 2.05) is 16.3 Å². The number of nitrogens with one attached hydrogen (secondary N) is 1. The molecule has 5 nitrogen and oxygen atoms in total. The first-order chi connectivity index (χ1) is 11.2. The minimum absolute atomic E-state index is 0.174. The molecule has 0 radical (unpaired) electrons. The van der Waals surface area contributed by atoms with Crippen molar-refractivity contribution in [2.24, 2.45) is 0 Å². The molecule has 0 aromatic carbocycles. The van der Waals surface area contributed by atoms with Crippen LogP contribution in [0.25, 0.3) is 0 Å². The van der Waals surface area contributed by atoms with Crippen LogP contribution in [0.5, 0.6) is 0 Å². The average Bonchev–Trinajstić information content (AvgIpc) is 3.05. The van der Waals surface area contributed by atoms with Gasteiger partial charge in [0, 0.05) is 23.9 Å². The first-order valence-corrected chi connectivity index (χ1v) is 8.75. The van der Waals surface area contributed by atoms with Gasteiger partial charge in [0.25, 0.3) is 5.91 Å². The Hall–Kier alpha value is -2.08. The molecule has 6 heteroatoms. The van der Waals surface area contributed by atoms with E-state index in [-0.39, 0.29) is 11.8 Å². The fourth-order valence-electron chi connectivity index (χ4n) is 2.46. The van der Waals surface area contributed by atoms with Crippen molar-refractivity contribution in [1.82, 2.24) is 10.2 Å². The lowest BCUT2D eigenvalue weighted by Crippen LogP contribution is -2.33. The van der Waals surface area contributed by atoms with Gasteiger partial charge in [0.05, 0.1) is 12.8 Å². The SMILES string of the molecule is O=C(NCCCC(=O)N(Cc1cccs1)C1CC1)c1ccco1. The normalized spacial score (nSPS) is 13.7. The molecule has 1 saturated carbocycles. The lowest BCUT2D eigenvalue weighted by atomic mass is 10.2. The first kappa shape index (κ1) is 15.8. The van der Waals surface area contributed by atoms with Crippen LogP contribution < -0.4 is 5.32 Å². The number of amides is 2. The Labute approximate surface area is 139 Å². The molecular formula is C17H20N2O3S.